The Balaban J connectivity index is 1.74. The normalized spacial score (nSPS) is 22.9. The number of β-amino-alcohol motifs (C(OH)–C–C–N with tert-alkyl or cyclic N) is 1. The van der Waals surface area contributed by atoms with Gasteiger partial charge in [-0.25, -0.2) is 0 Å². The van der Waals surface area contributed by atoms with Gasteiger partial charge in [-0.3, -0.25) is 0 Å². The van der Waals surface area contributed by atoms with E-state index in [1.165, 1.54) is 0 Å². The molecule has 2 aromatic rings. The fraction of sp³-hybridized carbons (Fsp3) is 0.429. The fourth-order valence-corrected chi connectivity index (χ4v) is 2.64. The van der Waals surface area contributed by atoms with E-state index in [0.29, 0.717) is 31.1 Å². The highest BCUT2D eigenvalue weighted by molar-refractivity contribution is 9.10. The van der Waals surface area contributed by atoms with Crippen molar-refractivity contribution >= 4 is 15.9 Å². The van der Waals surface area contributed by atoms with Gasteiger partial charge in [0.25, 0.3) is 5.89 Å². The molecule has 0 aliphatic carbocycles. The number of rotatable bonds is 3. The number of nitrogens with zero attached hydrogens (tertiary/aromatic N) is 2. The van der Waals surface area contributed by atoms with Gasteiger partial charge in [0.2, 0.25) is 0 Å². The number of nitrogens with one attached hydrogen (secondary N) is 1. The fourth-order valence-electron chi connectivity index (χ4n) is 2.37. The third kappa shape index (κ3) is 2.92. The zero-order valence-corrected chi connectivity index (χ0v) is 12.6. The Morgan fingerprint density at radius 3 is 2.85 bits per heavy atom. The summed E-state index contributed by atoms with van der Waals surface area (Å²) in [5.74, 6) is 0.915. The minimum Gasteiger partial charge on any atom is -0.379 e. The molecule has 2 heterocycles. The molecular weight excluding hydrogens is 322 g/mol. The molecule has 106 valence electrons. The molecule has 20 heavy (non-hydrogen) atoms. The molecule has 3 rings (SSSR count). The number of piperidine rings is 1. The molecule has 0 spiro atoms. The number of hydrogen-bond acceptors (Lipinski definition) is 5. The quantitative estimate of drug-likeness (QED) is 0.896. The second kappa shape index (κ2) is 5.63. The number of aromatic nitrogens is 2. The van der Waals surface area contributed by atoms with Gasteiger partial charge in [-0.05, 0) is 37.1 Å². The van der Waals surface area contributed by atoms with Crippen molar-refractivity contribution in [3.05, 3.63) is 46.0 Å². The lowest BCUT2D eigenvalue weighted by atomic mass is 9.94. The van der Waals surface area contributed by atoms with Crippen LogP contribution in [0.1, 0.15) is 30.1 Å². The van der Waals surface area contributed by atoms with Crippen LogP contribution in [0.2, 0.25) is 0 Å². The molecule has 5 nitrogen and oxygen atoms in total. The van der Waals surface area contributed by atoms with Gasteiger partial charge in [0, 0.05) is 17.4 Å². The van der Waals surface area contributed by atoms with Crippen LogP contribution in [-0.2, 0) is 12.0 Å². The van der Waals surface area contributed by atoms with Gasteiger partial charge in [0.1, 0.15) is 0 Å². The molecule has 1 unspecified atom stereocenters. The Labute approximate surface area is 125 Å². The smallest absolute Gasteiger partial charge is 0.259 e. The summed E-state index contributed by atoms with van der Waals surface area (Å²) in [6.45, 7) is 1.38. The second-order valence-electron chi connectivity index (χ2n) is 5.13. The lowest BCUT2D eigenvalue weighted by Gasteiger charge is -2.28. The van der Waals surface area contributed by atoms with Gasteiger partial charge in [-0.15, -0.1) is 0 Å². The second-order valence-corrected chi connectivity index (χ2v) is 6.05. The number of hydrogen-bond donors (Lipinski definition) is 2. The summed E-state index contributed by atoms with van der Waals surface area (Å²) in [7, 11) is 0. The summed E-state index contributed by atoms with van der Waals surface area (Å²) in [6.07, 6.45) is 2.15. The molecule has 0 amide bonds. The SMILES string of the molecule is OC1(c2nc(Cc3ccc(Br)cc3)no2)CCCNC1. The molecule has 1 aliphatic heterocycles. The standard InChI is InChI=1S/C14H16BrN3O2/c15-11-4-2-10(3-5-11)8-12-17-13(20-18-12)14(19)6-1-7-16-9-14/h2-5,16,19H,1,6-9H2. The lowest BCUT2D eigenvalue weighted by molar-refractivity contribution is -0.0167. The van der Waals surface area contributed by atoms with Gasteiger partial charge in [0.05, 0.1) is 0 Å². The largest absolute Gasteiger partial charge is 0.379 e. The molecule has 0 radical (unpaired) electrons. The minimum absolute atomic E-state index is 0.316. The first kappa shape index (κ1) is 13.7. The molecule has 0 bridgehead atoms. The van der Waals surface area contributed by atoms with E-state index >= 15 is 0 Å². The third-order valence-electron chi connectivity index (χ3n) is 3.50. The molecule has 1 saturated heterocycles. The highest BCUT2D eigenvalue weighted by Gasteiger charge is 2.36. The first-order valence-electron chi connectivity index (χ1n) is 6.66. The predicted molar refractivity (Wildman–Crippen MR) is 77.2 cm³/mol. The topological polar surface area (TPSA) is 71.2 Å². The number of aliphatic hydroxyl groups is 1. The molecule has 1 aromatic heterocycles. The molecular formula is C14H16BrN3O2. The van der Waals surface area contributed by atoms with Crippen LogP contribution >= 0.6 is 15.9 Å². The summed E-state index contributed by atoms with van der Waals surface area (Å²) >= 11 is 3.40. The zero-order chi connectivity index (χ0) is 14.0. The van der Waals surface area contributed by atoms with Crippen molar-refractivity contribution in [2.75, 3.05) is 13.1 Å². The van der Waals surface area contributed by atoms with Crippen LogP contribution in [0.5, 0.6) is 0 Å². The van der Waals surface area contributed by atoms with Crippen molar-refractivity contribution in [3.63, 3.8) is 0 Å². The van der Waals surface area contributed by atoms with Crippen molar-refractivity contribution in [2.45, 2.75) is 24.9 Å². The maximum atomic E-state index is 10.5. The maximum absolute atomic E-state index is 10.5. The van der Waals surface area contributed by atoms with Crippen LogP contribution in [0, 0.1) is 0 Å². The van der Waals surface area contributed by atoms with Gasteiger partial charge >= 0.3 is 0 Å². The van der Waals surface area contributed by atoms with Crippen molar-refractivity contribution in [3.8, 4) is 0 Å². The predicted octanol–water partition coefficient (Wildman–Crippen LogP) is 1.99. The van der Waals surface area contributed by atoms with Crippen LogP contribution in [-0.4, -0.2) is 28.3 Å². The molecule has 1 fully saturated rings. The average molecular weight is 338 g/mol. The molecule has 1 atom stereocenters. The maximum Gasteiger partial charge on any atom is 0.259 e. The van der Waals surface area contributed by atoms with Crippen molar-refractivity contribution in [1.82, 2.24) is 15.5 Å². The van der Waals surface area contributed by atoms with Crippen LogP contribution in [0.25, 0.3) is 0 Å². The van der Waals surface area contributed by atoms with Gasteiger partial charge in [-0.2, -0.15) is 4.98 Å². The van der Waals surface area contributed by atoms with Crippen LogP contribution < -0.4 is 5.32 Å². The average Bonchev–Trinajstić information content (AvgIpc) is 2.92. The zero-order valence-electron chi connectivity index (χ0n) is 11.0. The third-order valence-corrected chi connectivity index (χ3v) is 4.03. The van der Waals surface area contributed by atoms with E-state index in [1.807, 2.05) is 24.3 Å². The van der Waals surface area contributed by atoms with Crippen molar-refractivity contribution in [1.29, 1.82) is 0 Å². The molecule has 6 heteroatoms. The van der Waals surface area contributed by atoms with Crippen molar-refractivity contribution < 1.29 is 9.63 Å². The first-order chi connectivity index (χ1) is 9.66. The first-order valence-corrected chi connectivity index (χ1v) is 7.46. The van der Waals surface area contributed by atoms with E-state index in [9.17, 15) is 5.11 Å². The Morgan fingerprint density at radius 1 is 1.35 bits per heavy atom. The molecule has 0 saturated carbocycles. The lowest BCUT2D eigenvalue weighted by Crippen LogP contribution is -2.43. The molecule has 1 aliphatic rings. The van der Waals surface area contributed by atoms with E-state index < -0.39 is 5.60 Å². The minimum atomic E-state index is -1.02. The highest BCUT2D eigenvalue weighted by atomic mass is 79.9. The van der Waals surface area contributed by atoms with Crippen LogP contribution in [0.3, 0.4) is 0 Å². The molecule has 2 N–H and O–H groups in total. The van der Waals surface area contributed by atoms with Gasteiger partial charge < -0.3 is 14.9 Å². The van der Waals surface area contributed by atoms with E-state index in [4.69, 9.17) is 4.52 Å². The molecule has 1 aromatic carbocycles. The van der Waals surface area contributed by atoms with E-state index in [2.05, 4.69) is 31.4 Å². The van der Waals surface area contributed by atoms with Crippen LogP contribution in [0.4, 0.5) is 0 Å². The van der Waals surface area contributed by atoms with E-state index in [1.54, 1.807) is 0 Å². The Kier molecular flexibility index (Phi) is 3.87. The highest BCUT2D eigenvalue weighted by Crippen LogP contribution is 2.27. The Hall–Kier alpha value is -1.24. The van der Waals surface area contributed by atoms with Gasteiger partial charge in [-0.1, -0.05) is 33.2 Å². The van der Waals surface area contributed by atoms with E-state index in [-0.39, 0.29) is 0 Å². The summed E-state index contributed by atoms with van der Waals surface area (Å²) in [5, 5.41) is 17.6. The number of benzene rings is 1. The monoisotopic (exact) mass is 337 g/mol. The summed E-state index contributed by atoms with van der Waals surface area (Å²) in [5.41, 5.74) is 0.0813. The Morgan fingerprint density at radius 2 is 2.15 bits per heavy atom. The summed E-state index contributed by atoms with van der Waals surface area (Å²) in [4.78, 5) is 4.34. The Bertz CT molecular complexity index is 576. The summed E-state index contributed by atoms with van der Waals surface area (Å²) in [6, 6.07) is 7.98. The van der Waals surface area contributed by atoms with Gasteiger partial charge in [0.15, 0.2) is 11.4 Å². The van der Waals surface area contributed by atoms with Crippen molar-refractivity contribution in [2.24, 2.45) is 0 Å². The summed E-state index contributed by atoms with van der Waals surface area (Å²) < 4.78 is 6.28. The van der Waals surface area contributed by atoms with Crippen LogP contribution in [0.15, 0.2) is 33.3 Å². The van der Waals surface area contributed by atoms with E-state index in [0.717, 1.165) is 23.0 Å². The number of halogens is 1.